The summed E-state index contributed by atoms with van der Waals surface area (Å²) in [6.45, 7) is 0.300. The molecule has 0 saturated carbocycles. The average molecular weight is 474 g/mol. The van der Waals surface area contributed by atoms with Gasteiger partial charge in [-0.05, 0) is 30.7 Å². The molecular formula is C21H20F6N4O2. The van der Waals surface area contributed by atoms with Crippen LogP contribution < -0.4 is 10.6 Å². The number of alkyl halides is 6. The molecule has 0 radical (unpaired) electrons. The van der Waals surface area contributed by atoms with Crippen molar-refractivity contribution in [3.8, 4) is 0 Å². The first kappa shape index (κ1) is 24.2. The summed E-state index contributed by atoms with van der Waals surface area (Å²) in [5.74, 6) is 0. The quantitative estimate of drug-likeness (QED) is 0.565. The summed E-state index contributed by atoms with van der Waals surface area (Å²) in [5, 5.41) is 4.49. The van der Waals surface area contributed by atoms with Crippen molar-refractivity contribution >= 4 is 23.4 Å². The van der Waals surface area contributed by atoms with Gasteiger partial charge in [-0.3, -0.25) is 0 Å². The Hall–Kier alpha value is -3.44. The highest BCUT2D eigenvalue weighted by molar-refractivity contribution is 5.91. The van der Waals surface area contributed by atoms with E-state index in [-0.39, 0.29) is 26.2 Å². The first-order valence-corrected chi connectivity index (χ1v) is 9.91. The monoisotopic (exact) mass is 474 g/mol. The van der Waals surface area contributed by atoms with Crippen LogP contribution in [0.5, 0.6) is 0 Å². The lowest BCUT2D eigenvalue weighted by Gasteiger charge is -2.24. The fourth-order valence-electron chi connectivity index (χ4n) is 3.39. The van der Waals surface area contributed by atoms with Gasteiger partial charge >= 0.3 is 24.4 Å². The van der Waals surface area contributed by atoms with E-state index in [0.717, 1.165) is 24.3 Å². The highest BCUT2D eigenvalue weighted by Crippen LogP contribution is 2.35. The molecule has 0 aliphatic carbocycles. The van der Waals surface area contributed by atoms with Crippen LogP contribution in [0.15, 0.2) is 48.5 Å². The minimum Gasteiger partial charge on any atom is -0.323 e. The lowest BCUT2D eigenvalue weighted by Crippen LogP contribution is -2.41. The largest absolute Gasteiger partial charge is 0.418 e. The Bertz CT molecular complexity index is 929. The number of anilines is 2. The topological polar surface area (TPSA) is 64.7 Å². The first-order chi connectivity index (χ1) is 15.5. The molecule has 3 rings (SSSR count). The Kier molecular flexibility index (Phi) is 7.04. The van der Waals surface area contributed by atoms with Gasteiger partial charge < -0.3 is 20.4 Å². The summed E-state index contributed by atoms with van der Waals surface area (Å²) in [6.07, 6.45) is -9.00. The molecule has 33 heavy (non-hydrogen) atoms. The molecule has 1 fully saturated rings. The van der Waals surface area contributed by atoms with Crippen LogP contribution in [0.3, 0.4) is 0 Å². The van der Waals surface area contributed by atoms with Crippen LogP contribution in [0, 0.1) is 0 Å². The minimum atomic E-state index is -4.65. The van der Waals surface area contributed by atoms with E-state index < -0.39 is 46.9 Å². The average Bonchev–Trinajstić information content (AvgIpc) is 2.99. The highest BCUT2D eigenvalue weighted by Gasteiger charge is 2.35. The third-order valence-electron chi connectivity index (χ3n) is 5.02. The maximum Gasteiger partial charge on any atom is 0.418 e. The number of carbonyl (C=O) groups is 2. The van der Waals surface area contributed by atoms with Crippen LogP contribution in [0.25, 0.3) is 0 Å². The van der Waals surface area contributed by atoms with E-state index in [1.54, 1.807) is 0 Å². The van der Waals surface area contributed by atoms with Crippen LogP contribution in [-0.2, 0) is 12.4 Å². The van der Waals surface area contributed by atoms with Crippen molar-refractivity contribution in [2.24, 2.45) is 0 Å². The molecule has 1 heterocycles. The number of nitrogens with one attached hydrogen (secondary N) is 2. The van der Waals surface area contributed by atoms with E-state index in [2.05, 4.69) is 10.6 Å². The number of hydrogen-bond acceptors (Lipinski definition) is 2. The molecule has 2 N–H and O–H groups in total. The van der Waals surface area contributed by atoms with E-state index in [1.807, 2.05) is 0 Å². The molecule has 0 unspecified atom stereocenters. The van der Waals surface area contributed by atoms with E-state index >= 15 is 0 Å². The molecule has 4 amide bonds. The van der Waals surface area contributed by atoms with Gasteiger partial charge in [-0.2, -0.15) is 26.3 Å². The lowest BCUT2D eigenvalue weighted by molar-refractivity contribution is -0.137. The summed E-state index contributed by atoms with van der Waals surface area (Å²) >= 11 is 0. The molecule has 2 aromatic rings. The molecule has 0 atom stereocenters. The number of nitrogens with zero attached hydrogens (tertiary/aromatic N) is 2. The van der Waals surface area contributed by atoms with Crippen molar-refractivity contribution in [1.29, 1.82) is 0 Å². The Morgan fingerprint density at radius 2 is 1.00 bits per heavy atom. The third-order valence-corrected chi connectivity index (χ3v) is 5.02. The number of benzene rings is 2. The van der Waals surface area contributed by atoms with Crippen LogP contribution in [0.1, 0.15) is 17.5 Å². The van der Waals surface area contributed by atoms with E-state index in [0.29, 0.717) is 6.42 Å². The normalized spacial score (nSPS) is 15.1. The molecule has 178 valence electrons. The van der Waals surface area contributed by atoms with Crippen molar-refractivity contribution in [1.82, 2.24) is 9.80 Å². The fourth-order valence-corrected chi connectivity index (χ4v) is 3.39. The van der Waals surface area contributed by atoms with Gasteiger partial charge in [0.1, 0.15) is 0 Å². The second kappa shape index (κ2) is 9.59. The fraction of sp³-hybridized carbons (Fsp3) is 0.333. The first-order valence-electron chi connectivity index (χ1n) is 9.91. The number of halogens is 6. The predicted molar refractivity (Wildman–Crippen MR) is 109 cm³/mol. The molecular weight excluding hydrogens is 454 g/mol. The van der Waals surface area contributed by atoms with Crippen LogP contribution in [0.2, 0.25) is 0 Å². The minimum absolute atomic E-state index is 0.00560. The van der Waals surface area contributed by atoms with Gasteiger partial charge in [-0.15, -0.1) is 0 Å². The summed E-state index contributed by atoms with van der Waals surface area (Å²) < 4.78 is 78.8. The van der Waals surface area contributed by atoms with Crippen LogP contribution >= 0.6 is 0 Å². The smallest absolute Gasteiger partial charge is 0.323 e. The van der Waals surface area contributed by atoms with Gasteiger partial charge in [0.2, 0.25) is 0 Å². The highest BCUT2D eigenvalue weighted by atomic mass is 19.4. The number of para-hydroxylation sites is 2. The zero-order chi connectivity index (χ0) is 24.2. The Balaban J connectivity index is 1.63. The lowest BCUT2D eigenvalue weighted by atomic mass is 10.1. The number of urea groups is 2. The third kappa shape index (κ3) is 6.08. The van der Waals surface area contributed by atoms with E-state index in [9.17, 15) is 35.9 Å². The van der Waals surface area contributed by atoms with Crippen molar-refractivity contribution in [3.63, 3.8) is 0 Å². The number of rotatable bonds is 2. The molecule has 2 aromatic carbocycles. The Labute approximate surface area is 185 Å². The number of carbonyl (C=O) groups excluding carboxylic acids is 2. The molecule has 6 nitrogen and oxygen atoms in total. The molecule has 1 aliphatic heterocycles. The summed E-state index contributed by atoms with van der Waals surface area (Å²) in [6, 6.07) is 7.57. The molecule has 0 spiro atoms. The van der Waals surface area contributed by atoms with Gasteiger partial charge in [-0.1, -0.05) is 24.3 Å². The van der Waals surface area contributed by atoms with Gasteiger partial charge in [0.15, 0.2) is 0 Å². The maximum absolute atomic E-state index is 13.1. The standard InChI is InChI=1S/C21H20F6N4O2/c22-20(23,24)14-6-1-3-8-16(14)28-18(32)30-10-5-11-31(13-12-30)19(33)29-17-9-4-2-7-15(17)21(25,26)27/h1-4,6-9H,5,10-13H2,(H,28,32)(H,29,33). The van der Waals surface area contributed by atoms with Gasteiger partial charge in [0.05, 0.1) is 22.5 Å². The summed E-state index contributed by atoms with van der Waals surface area (Å²) in [7, 11) is 0. The van der Waals surface area contributed by atoms with Crippen molar-refractivity contribution in [2.45, 2.75) is 18.8 Å². The Morgan fingerprint density at radius 1 is 0.636 bits per heavy atom. The second-order valence-electron chi connectivity index (χ2n) is 7.27. The number of amides is 4. The summed E-state index contributed by atoms with van der Waals surface area (Å²) in [5.41, 5.74) is -2.76. The van der Waals surface area contributed by atoms with E-state index in [1.165, 1.54) is 34.1 Å². The molecule has 1 aliphatic rings. The SMILES string of the molecule is O=C(Nc1ccccc1C(F)(F)F)N1CCCN(C(=O)Nc2ccccc2C(F)(F)F)CC1. The maximum atomic E-state index is 13.1. The van der Waals surface area contributed by atoms with Crippen LogP contribution in [-0.4, -0.2) is 48.0 Å². The zero-order valence-electron chi connectivity index (χ0n) is 17.1. The molecule has 0 aromatic heterocycles. The predicted octanol–water partition coefficient (Wildman–Crippen LogP) is 5.50. The van der Waals surface area contributed by atoms with Crippen LogP contribution in [0.4, 0.5) is 47.3 Å². The van der Waals surface area contributed by atoms with Gasteiger partial charge in [0, 0.05) is 26.2 Å². The van der Waals surface area contributed by atoms with Gasteiger partial charge in [-0.25, -0.2) is 9.59 Å². The van der Waals surface area contributed by atoms with Crippen molar-refractivity contribution in [3.05, 3.63) is 59.7 Å². The number of hydrogen-bond donors (Lipinski definition) is 2. The zero-order valence-corrected chi connectivity index (χ0v) is 17.1. The molecule has 1 saturated heterocycles. The molecule has 12 heteroatoms. The second-order valence-corrected chi connectivity index (χ2v) is 7.27. The van der Waals surface area contributed by atoms with Crippen molar-refractivity contribution < 1.29 is 35.9 Å². The molecule has 0 bridgehead atoms. The summed E-state index contributed by atoms with van der Waals surface area (Å²) in [4.78, 5) is 27.6. The Morgan fingerprint density at radius 3 is 1.36 bits per heavy atom. The van der Waals surface area contributed by atoms with E-state index in [4.69, 9.17) is 0 Å². The van der Waals surface area contributed by atoms with Crippen molar-refractivity contribution in [2.75, 3.05) is 36.8 Å². The van der Waals surface area contributed by atoms with Gasteiger partial charge in [0.25, 0.3) is 0 Å².